The Morgan fingerprint density at radius 1 is 1.37 bits per heavy atom. The largest absolute Gasteiger partial charge is 0.492 e. The Balaban J connectivity index is 2.79. The third-order valence-corrected chi connectivity index (χ3v) is 5.50. The van der Waals surface area contributed by atoms with Crippen LogP contribution < -0.4 is 10.5 Å². The van der Waals surface area contributed by atoms with E-state index in [4.69, 9.17) is 10.5 Å². The van der Waals surface area contributed by atoms with Crippen molar-refractivity contribution in [2.24, 2.45) is 5.73 Å². The fourth-order valence-corrected chi connectivity index (χ4v) is 3.06. The first-order valence-corrected chi connectivity index (χ1v) is 8.62. The fraction of sp³-hybridized carbons (Fsp3) is 0.538. The molecule has 0 aromatic heterocycles. The van der Waals surface area contributed by atoms with Crippen molar-refractivity contribution in [2.45, 2.75) is 32.6 Å². The van der Waals surface area contributed by atoms with Crippen molar-refractivity contribution >= 4 is 25.8 Å². The topological polar surface area (TPSA) is 69.4 Å². The van der Waals surface area contributed by atoms with Crippen LogP contribution in [-0.2, 0) is 16.4 Å². The van der Waals surface area contributed by atoms with E-state index in [9.17, 15) is 8.42 Å². The van der Waals surface area contributed by atoms with Crippen LogP contribution in [0.4, 0.5) is 0 Å². The molecule has 0 unspecified atom stereocenters. The van der Waals surface area contributed by atoms with Crippen LogP contribution in [-0.4, -0.2) is 26.0 Å². The van der Waals surface area contributed by atoms with Gasteiger partial charge in [-0.1, -0.05) is 15.9 Å². The van der Waals surface area contributed by atoms with E-state index < -0.39 is 9.84 Å². The normalized spacial score (nSPS) is 11.9. The first kappa shape index (κ1) is 16.5. The Morgan fingerprint density at radius 2 is 2.00 bits per heavy atom. The molecule has 0 aliphatic carbocycles. The minimum atomic E-state index is -3.07. The average molecular weight is 350 g/mol. The highest BCUT2D eigenvalue weighted by Gasteiger charge is 2.16. The predicted molar refractivity (Wildman–Crippen MR) is 81.2 cm³/mol. The number of sulfone groups is 1. The molecule has 0 amide bonds. The zero-order chi connectivity index (χ0) is 14.6. The Hall–Kier alpha value is -0.590. The summed E-state index contributed by atoms with van der Waals surface area (Å²) in [4.78, 5) is 0. The second kappa shape index (κ2) is 6.72. The molecule has 0 atom stereocenters. The van der Waals surface area contributed by atoms with Crippen molar-refractivity contribution in [2.75, 3.05) is 12.4 Å². The number of hydrogen-bond acceptors (Lipinski definition) is 4. The molecule has 1 aromatic carbocycles. The molecule has 0 bridgehead atoms. The number of nitrogens with two attached hydrogens (primary N) is 1. The molecule has 0 spiro atoms. The third kappa shape index (κ3) is 4.47. The van der Waals surface area contributed by atoms with Gasteiger partial charge < -0.3 is 10.5 Å². The van der Waals surface area contributed by atoms with Crippen LogP contribution in [0.3, 0.4) is 0 Å². The maximum absolute atomic E-state index is 11.7. The Labute approximate surface area is 123 Å². The number of rotatable bonds is 6. The molecule has 0 saturated carbocycles. The van der Waals surface area contributed by atoms with E-state index in [2.05, 4.69) is 15.9 Å². The Kier molecular flexibility index (Phi) is 5.82. The molecule has 4 nitrogen and oxygen atoms in total. The maximum atomic E-state index is 11.7. The van der Waals surface area contributed by atoms with E-state index in [1.807, 2.05) is 19.1 Å². The van der Waals surface area contributed by atoms with Crippen LogP contribution in [0.2, 0.25) is 0 Å². The van der Waals surface area contributed by atoms with E-state index in [0.717, 1.165) is 15.6 Å². The van der Waals surface area contributed by atoms with Gasteiger partial charge in [-0.2, -0.15) is 0 Å². The molecule has 0 saturated heterocycles. The van der Waals surface area contributed by atoms with Crippen molar-refractivity contribution in [3.05, 3.63) is 27.7 Å². The van der Waals surface area contributed by atoms with Crippen molar-refractivity contribution in [3.63, 3.8) is 0 Å². The van der Waals surface area contributed by atoms with E-state index >= 15 is 0 Å². The minimum absolute atomic E-state index is 0.0180. The fourth-order valence-electron chi connectivity index (χ4n) is 1.65. The number of aryl methyl sites for hydroxylation is 1. The first-order valence-electron chi connectivity index (χ1n) is 6.11. The molecule has 108 valence electrons. The molecule has 19 heavy (non-hydrogen) atoms. The number of benzene rings is 1. The number of halogens is 1. The number of ether oxygens (including phenoxy) is 1. The lowest BCUT2D eigenvalue weighted by Crippen LogP contribution is -2.22. The summed E-state index contributed by atoms with van der Waals surface area (Å²) in [5.74, 6) is 0.703. The highest BCUT2D eigenvalue weighted by atomic mass is 79.9. The standard InChI is InChI=1S/C13H20BrNO3S/c1-9(2)19(16,17)5-4-18-13-10(3)6-12(14)7-11(13)8-15/h6-7,9H,4-5,8,15H2,1-3H3. The lowest BCUT2D eigenvalue weighted by atomic mass is 10.1. The zero-order valence-electron chi connectivity index (χ0n) is 11.4. The van der Waals surface area contributed by atoms with Crippen LogP contribution in [0.15, 0.2) is 16.6 Å². The van der Waals surface area contributed by atoms with Gasteiger partial charge in [-0.05, 0) is 38.5 Å². The van der Waals surface area contributed by atoms with Crippen LogP contribution in [0, 0.1) is 6.92 Å². The Morgan fingerprint density at radius 3 is 2.53 bits per heavy atom. The van der Waals surface area contributed by atoms with Crippen molar-refractivity contribution in [1.29, 1.82) is 0 Å². The van der Waals surface area contributed by atoms with Gasteiger partial charge in [0.25, 0.3) is 0 Å². The van der Waals surface area contributed by atoms with E-state index in [-0.39, 0.29) is 17.6 Å². The van der Waals surface area contributed by atoms with Gasteiger partial charge >= 0.3 is 0 Å². The quantitative estimate of drug-likeness (QED) is 0.856. The molecule has 0 radical (unpaired) electrons. The summed E-state index contributed by atoms with van der Waals surface area (Å²) < 4.78 is 30.0. The SMILES string of the molecule is Cc1cc(Br)cc(CN)c1OCCS(=O)(=O)C(C)C. The summed E-state index contributed by atoms with van der Waals surface area (Å²) in [6.07, 6.45) is 0. The first-order chi connectivity index (χ1) is 8.77. The molecule has 2 N–H and O–H groups in total. The zero-order valence-corrected chi connectivity index (χ0v) is 13.8. The molecular formula is C13H20BrNO3S. The number of hydrogen-bond donors (Lipinski definition) is 1. The lowest BCUT2D eigenvalue weighted by molar-refractivity contribution is 0.334. The average Bonchev–Trinajstić information content (AvgIpc) is 2.30. The van der Waals surface area contributed by atoms with Gasteiger partial charge in [0.15, 0.2) is 9.84 Å². The smallest absolute Gasteiger partial charge is 0.155 e. The van der Waals surface area contributed by atoms with Crippen LogP contribution >= 0.6 is 15.9 Å². The van der Waals surface area contributed by atoms with Crippen LogP contribution in [0.25, 0.3) is 0 Å². The molecular weight excluding hydrogens is 330 g/mol. The lowest BCUT2D eigenvalue weighted by Gasteiger charge is -2.15. The highest BCUT2D eigenvalue weighted by molar-refractivity contribution is 9.10. The molecule has 6 heteroatoms. The summed E-state index contributed by atoms with van der Waals surface area (Å²) >= 11 is 3.40. The molecule has 0 heterocycles. The van der Waals surface area contributed by atoms with E-state index in [1.54, 1.807) is 13.8 Å². The van der Waals surface area contributed by atoms with Gasteiger partial charge in [0, 0.05) is 16.6 Å². The molecule has 1 rings (SSSR count). The van der Waals surface area contributed by atoms with Gasteiger partial charge in [-0.15, -0.1) is 0 Å². The monoisotopic (exact) mass is 349 g/mol. The van der Waals surface area contributed by atoms with Gasteiger partial charge in [0.2, 0.25) is 0 Å². The van der Waals surface area contributed by atoms with Gasteiger partial charge in [0.1, 0.15) is 12.4 Å². The summed E-state index contributed by atoms with van der Waals surface area (Å²) in [5.41, 5.74) is 7.49. The molecule has 0 fully saturated rings. The van der Waals surface area contributed by atoms with Crippen LogP contribution in [0.1, 0.15) is 25.0 Å². The minimum Gasteiger partial charge on any atom is -0.492 e. The van der Waals surface area contributed by atoms with Gasteiger partial charge in [-0.3, -0.25) is 0 Å². The molecule has 1 aromatic rings. The maximum Gasteiger partial charge on any atom is 0.155 e. The summed E-state index contributed by atoms with van der Waals surface area (Å²) in [6, 6.07) is 3.81. The summed E-state index contributed by atoms with van der Waals surface area (Å²) in [6.45, 7) is 5.76. The second-order valence-corrected chi connectivity index (χ2v) is 8.27. The third-order valence-electron chi connectivity index (χ3n) is 2.87. The highest BCUT2D eigenvalue weighted by Crippen LogP contribution is 2.27. The Bertz CT molecular complexity index is 541. The summed E-state index contributed by atoms with van der Waals surface area (Å²) in [5, 5.41) is -0.379. The van der Waals surface area contributed by atoms with Crippen molar-refractivity contribution in [1.82, 2.24) is 0 Å². The summed E-state index contributed by atoms with van der Waals surface area (Å²) in [7, 11) is -3.07. The van der Waals surface area contributed by atoms with Gasteiger partial charge in [0.05, 0.1) is 11.0 Å². The van der Waals surface area contributed by atoms with Crippen LogP contribution in [0.5, 0.6) is 5.75 Å². The van der Waals surface area contributed by atoms with Gasteiger partial charge in [-0.25, -0.2) is 8.42 Å². The van der Waals surface area contributed by atoms with E-state index in [0.29, 0.717) is 12.3 Å². The second-order valence-electron chi connectivity index (χ2n) is 4.68. The van der Waals surface area contributed by atoms with Crippen molar-refractivity contribution in [3.8, 4) is 5.75 Å². The molecule has 0 aliphatic rings. The predicted octanol–water partition coefficient (Wildman–Crippen LogP) is 2.42. The van der Waals surface area contributed by atoms with Crippen molar-refractivity contribution < 1.29 is 13.2 Å². The van der Waals surface area contributed by atoms with E-state index in [1.165, 1.54) is 0 Å². The molecule has 0 aliphatic heterocycles.